The first-order valence-electron chi connectivity index (χ1n) is 10.5. The molecule has 3 heterocycles. The van der Waals surface area contributed by atoms with Crippen molar-refractivity contribution in [3.05, 3.63) is 65.8 Å². The number of aromatic nitrogens is 5. The second-order valence-electron chi connectivity index (χ2n) is 7.33. The maximum absolute atomic E-state index is 5.60. The fourth-order valence-electron chi connectivity index (χ4n) is 3.84. The topological polar surface area (TPSA) is 78.9 Å². The van der Waals surface area contributed by atoms with Gasteiger partial charge in [0.15, 0.2) is 11.0 Å². The highest BCUT2D eigenvalue weighted by atomic mass is 32.2. The van der Waals surface area contributed by atoms with Crippen LogP contribution in [0.2, 0.25) is 0 Å². The van der Waals surface area contributed by atoms with Gasteiger partial charge in [-0.1, -0.05) is 16.9 Å². The molecule has 0 spiro atoms. The van der Waals surface area contributed by atoms with Crippen molar-refractivity contribution >= 4 is 11.8 Å². The minimum absolute atomic E-state index is 0.636. The molecule has 0 fully saturated rings. The van der Waals surface area contributed by atoms with Crippen LogP contribution in [0.4, 0.5) is 0 Å². The van der Waals surface area contributed by atoms with E-state index in [1.807, 2.05) is 43.3 Å². The molecule has 1 aliphatic rings. The maximum Gasteiger partial charge on any atom is 0.196 e. The summed E-state index contributed by atoms with van der Waals surface area (Å²) in [6.07, 6.45) is 7.93. The molecular formula is C23H23N5O2S. The number of aryl methyl sites for hydroxylation is 1. The van der Waals surface area contributed by atoms with Gasteiger partial charge in [0.05, 0.1) is 12.3 Å². The van der Waals surface area contributed by atoms with Crippen molar-refractivity contribution in [3.63, 3.8) is 0 Å². The molecule has 4 aromatic rings. The summed E-state index contributed by atoms with van der Waals surface area (Å²) in [5, 5.41) is 14.1. The molecule has 0 radical (unpaired) electrons. The van der Waals surface area contributed by atoms with Crippen LogP contribution in [0.3, 0.4) is 0 Å². The number of fused-ring (bicyclic) bond motifs is 1. The first-order chi connectivity index (χ1) is 15.3. The van der Waals surface area contributed by atoms with Crippen molar-refractivity contribution in [2.45, 2.75) is 43.5 Å². The second kappa shape index (κ2) is 8.93. The molecule has 31 heavy (non-hydrogen) atoms. The van der Waals surface area contributed by atoms with E-state index in [2.05, 4.69) is 24.9 Å². The van der Waals surface area contributed by atoms with Crippen LogP contribution in [0.5, 0.6) is 5.75 Å². The van der Waals surface area contributed by atoms with E-state index >= 15 is 0 Å². The van der Waals surface area contributed by atoms with E-state index in [0.717, 1.165) is 52.3 Å². The Morgan fingerprint density at radius 1 is 1.03 bits per heavy atom. The maximum atomic E-state index is 5.60. The second-order valence-corrected chi connectivity index (χ2v) is 8.27. The summed E-state index contributed by atoms with van der Waals surface area (Å²) in [4.78, 5) is 4.13. The van der Waals surface area contributed by atoms with Gasteiger partial charge in [-0.3, -0.25) is 9.55 Å². The van der Waals surface area contributed by atoms with Crippen LogP contribution in [0, 0.1) is 0 Å². The molecule has 5 rings (SSSR count). The average Bonchev–Trinajstić information content (AvgIpc) is 3.43. The van der Waals surface area contributed by atoms with Crippen LogP contribution in [0.15, 0.2) is 58.5 Å². The van der Waals surface area contributed by atoms with Crippen LogP contribution in [-0.2, 0) is 18.6 Å². The van der Waals surface area contributed by atoms with Crippen LogP contribution in [0.25, 0.3) is 17.1 Å². The number of hydrogen-bond acceptors (Lipinski definition) is 7. The Morgan fingerprint density at radius 3 is 2.65 bits per heavy atom. The van der Waals surface area contributed by atoms with Gasteiger partial charge in [-0.25, -0.2) is 0 Å². The van der Waals surface area contributed by atoms with Crippen LogP contribution < -0.4 is 4.74 Å². The predicted molar refractivity (Wildman–Crippen MR) is 118 cm³/mol. The van der Waals surface area contributed by atoms with Crippen molar-refractivity contribution in [3.8, 4) is 22.8 Å². The summed E-state index contributed by atoms with van der Waals surface area (Å²) >= 11 is 1.62. The Morgan fingerprint density at radius 2 is 1.84 bits per heavy atom. The van der Waals surface area contributed by atoms with Crippen molar-refractivity contribution in [2.24, 2.45) is 0 Å². The molecule has 1 aliphatic carbocycles. The Bertz CT molecular complexity index is 1150. The molecule has 158 valence electrons. The third-order valence-corrected chi connectivity index (χ3v) is 6.29. The van der Waals surface area contributed by atoms with Crippen molar-refractivity contribution in [1.29, 1.82) is 0 Å². The summed E-state index contributed by atoms with van der Waals surface area (Å²) in [5.41, 5.74) is 4.23. The number of rotatable bonds is 7. The van der Waals surface area contributed by atoms with Crippen molar-refractivity contribution in [2.75, 3.05) is 6.61 Å². The molecule has 8 heteroatoms. The summed E-state index contributed by atoms with van der Waals surface area (Å²) in [6.45, 7) is 2.62. The minimum Gasteiger partial charge on any atom is -0.494 e. The highest BCUT2D eigenvalue weighted by Crippen LogP contribution is 2.32. The third-order valence-electron chi connectivity index (χ3n) is 5.35. The molecule has 0 unspecified atom stereocenters. The van der Waals surface area contributed by atoms with E-state index in [-0.39, 0.29) is 0 Å². The lowest BCUT2D eigenvalue weighted by Crippen LogP contribution is -2.02. The number of hydrogen-bond donors (Lipinski definition) is 0. The van der Waals surface area contributed by atoms with Crippen LogP contribution in [-0.4, -0.2) is 31.5 Å². The SMILES string of the molecule is CCOc1ccc(-n2c(SCc3noc4c3CCCC4)nnc2-c2ccncc2)cc1. The molecule has 0 amide bonds. The summed E-state index contributed by atoms with van der Waals surface area (Å²) in [7, 11) is 0. The first-order valence-corrected chi connectivity index (χ1v) is 11.5. The van der Waals surface area contributed by atoms with E-state index in [1.54, 1.807) is 24.2 Å². The molecule has 7 nitrogen and oxygen atoms in total. The van der Waals surface area contributed by atoms with E-state index in [1.165, 1.54) is 18.4 Å². The lowest BCUT2D eigenvalue weighted by molar-refractivity contribution is 0.340. The molecule has 0 saturated heterocycles. The summed E-state index contributed by atoms with van der Waals surface area (Å²) < 4.78 is 13.2. The highest BCUT2D eigenvalue weighted by Gasteiger charge is 2.21. The Kier molecular flexibility index (Phi) is 5.71. The van der Waals surface area contributed by atoms with Gasteiger partial charge >= 0.3 is 0 Å². The van der Waals surface area contributed by atoms with Crippen molar-refractivity contribution in [1.82, 2.24) is 24.9 Å². The Balaban J connectivity index is 1.48. The normalized spacial score (nSPS) is 13.2. The monoisotopic (exact) mass is 433 g/mol. The Labute approximate surface area is 184 Å². The zero-order valence-corrected chi connectivity index (χ0v) is 18.1. The van der Waals surface area contributed by atoms with E-state index in [0.29, 0.717) is 12.4 Å². The largest absolute Gasteiger partial charge is 0.494 e. The highest BCUT2D eigenvalue weighted by molar-refractivity contribution is 7.98. The van der Waals surface area contributed by atoms with Gasteiger partial charge in [0.25, 0.3) is 0 Å². The smallest absolute Gasteiger partial charge is 0.196 e. The van der Waals surface area contributed by atoms with Gasteiger partial charge in [-0.15, -0.1) is 10.2 Å². The molecule has 0 bridgehead atoms. The zero-order chi connectivity index (χ0) is 21.0. The van der Waals surface area contributed by atoms with Crippen LogP contribution >= 0.6 is 11.8 Å². The standard InChI is InChI=1S/C23H23N5O2S/c1-2-29-18-9-7-17(8-10-18)28-22(16-11-13-24-14-12-16)25-26-23(28)31-15-20-19-5-3-4-6-21(19)30-27-20/h7-14H,2-6,15H2,1H3. The number of pyridine rings is 1. The summed E-state index contributed by atoms with van der Waals surface area (Å²) in [5.74, 6) is 3.36. The van der Waals surface area contributed by atoms with Gasteiger partial charge in [-0.2, -0.15) is 0 Å². The molecular weight excluding hydrogens is 410 g/mol. The van der Waals surface area contributed by atoms with Crippen molar-refractivity contribution < 1.29 is 9.26 Å². The van der Waals surface area contributed by atoms with E-state index in [4.69, 9.17) is 9.26 Å². The van der Waals surface area contributed by atoms with Gasteiger partial charge < -0.3 is 9.26 Å². The van der Waals surface area contributed by atoms with E-state index in [9.17, 15) is 0 Å². The first kappa shape index (κ1) is 19.8. The van der Waals surface area contributed by atoms with Crippen LogP contribution in [0.1, 0.15) is 36.8 Å². The lowest BCUT2D eigenvalue weighted by atomic mass is 9.97. The number of thioether (sulfide) groups is 1. The molecule has 0 atom stereocenters. The fraction of sp³-hybridized carbons (Fsp3) is 0.304. The molecule has 0 saturated carbocycles. The fourth-order valence-corrected chi connectivity index (χ4v) is 4.75. The Hall–Kier alpha value is -3.13. The average molecular weight is 434 g/mol. The zero-order valence-electron chi connectivity index (χ0n) is 17.3. The predicted octanol–water partition coefficient (Wildman–Crippen LogP) is 4.89. The quantitative estimate of drug-likeness (QED) is 0.384. The molecule has 0 N–H and O–H groups in total. The number of ether oxygens (including phenoxy) is 1. The van der Waals surface area contributed by atoms with E-state index < -0.39 is 0 Å². The number of benzene rings is 1. The minimum atomic E-state index is 0.636. The molecule has 3 aromatic heterocycles. The van der Waals surface area contributed by atoms with Gasteiger partial charge in [-0.05, 0) is 62.6 Å². The van der Waals surface area contributed by atoms with Gasteiger partial charge in [0.1, 0.15) is 11.5 Å². The number of nitrogens with zero attached hydrogens (tertiary/aromatic N) is 5. The van der Waals surface area contributed by atoms with Gasteiger partial charge in [0, 0.05) is 41.4 Å². The lowest BCUT2D eigenvalue weighted by Gasteiger charge is -2.12. The third kappa shape index (κ3) is 4.07. The summed E-state index contributed by atoms with van der Waals surface area (Å²) in [6, 6.07) is 11.9. The van der Waals surface area contributed by atoms with Gasteiger partial charge in [0.2, 0.25) is 0 Å². The molecule has 1 aromatic carbocycles. The molecule has 0 aliphatic heterocycles.